The van der Waals surface area contributed by atoms with Crippen molar-refractivity contribution in [2.24, 2.45) is 5.73 Å². The van der Waals surface area contributed by atoms with E-state index < -0.39 is 0 Å². The second-order valence-electron chi connectivity index (χ2n) is 4.31. The van der Waals surface area contributed by atoms with Gasteiger partial charge in [-0.05, 0) is 42.5 Å². The van der Waals surface area contributed by atoms with Crippen LogP contribution >= 0.6 is 0 Å². The van der Waals surface area contributed by atoms with E-state index in [0.717, 1.165) is 11.1 Å². The Morgan fingerprint density at radius 2 is 1.87 bits per heavy atom. The Hall–Kier alpha value is -1.15. The zero-order valence-electron chi connectivity index (χ0n) is 9.92. The van der Waals surface area contributed by atoms with Crippen LogP contribution in [-0.2, 0) is 0 Å². The van der Waals surface area contributed by atoms with E-state index in [1.807, 2.05) is 13.0 Å². The van der Waals surface area contributed by atoms with Crippen molar-refractivity contribution in [3.63, 3.8) is 0 Å². The van der Waals surface area contributed by atoms with Crippen LogP contribution in [0.15, 0.2) is 12.1 Å². The van der Waals surface area contributed by atoms with Gasteiger partial charge in [-0.25, -0.2) is 0 Å². The van der Waals surface area contributed by atoms with Crippen LogP contribution < -0.4 is 5.73 Å². The molecule has 0 radical (unpaired) electrons. The van der Waals surface area contributed by atoms with E-state index in [1.54, 1.807) is 0 Å². The predicted molar refractivity (Wildman–Crippen MR) is 63.4 cm³/mol. The molecule has 0 unspecified atom stereocenters. The van der Waals surface area contributed by atoms with Crippen molar-refractivity contribution in [1.29, 1.82) is 0 Å². The van der Waals surface area contributed by atoms with Gasteiger partial charge in [-0.2, -0.15) is 0 Å². The molecule has 15 heavy (non-hydrogen) atoms. The third-order valence-electron chi connectivity index (χ3n) is 2.72. The number of ketones is 1. The maximum absolute atomic E-state index is 11.6. The van der Waals surface area contributed by atoms with Gasteiger partial charge in [0, 0.05) is 5.56 Å². The molecule has 0 spiro atoms. The molecule has 0 saturated heterocycles. The van der Waals surface area contributed by atoms with Crippen LogP contribution in [0.25, 0.3) is 0 Å². The number of hydrogen-bond acceptors (Lipinski definition) is 2. The Kier molecular flexibility index (Phi) is 3.64. The van der Waals surface area contributed by atoms with Crippen molar-refractivity contribution in [3.05, 3.63) is 34.4 Å². The van der Waals surface area contributed by atoms with Gasteiger partial charge in [-0.15, -0.1) is 0 Å². The number of nitrogens with two attached hydrogens (primary N) is 1. The molecule has 0 aliphatic heterocycles. The third kappa shape index (κ3) is 2.45. The van der Waals surface area contributed by atoms with Crippen molar-refractivity contribution in [2.75, 3.05) is 6.54 Å². The first kappa shape index (κ1) is 11.9. The van der Waals surface area contributed by atoms with Crippen molar-refractivity contribution >= 4 is 5.78 Å². The molecular formula is C13H19NO. The number of hydrogen-bond donors (Lipinski definition) is 1. The molecule has 0 atom stereocenters. The van der Waals surface area contributed by atoms with Crippen molar-refractivity contribution in [1.82, 2.24) is 0 Å². The highest BCUT2D eigenvalue weighted by molar-refractivity contribution is 5.99. The molecule has 1 aromatic carbocycles. The summed E-state index contributed by atoms with van der Waals surface area (Å²) < 4.78 is 0. The van der Waals surface area contributed by atoms with E-state index >= 15 is 0 Å². The summed E-state index contributed by atoms with van der Waals surface area (Å²) >= 11 is 0. The lowest BCUT2D eigenvalue weighted by Crippen LogP contribution is -2.15. The summed E-state index contributed by atoms with van der Waals surface area (Å²) in [5, 5.41) is 0. The first-order chi connectivity index (χ1) is 6.97. The predicted octanol–water partition coefficient (Wildman–Crippen LogP) is 2.57. The molecule has 1 aromatic rings. The zero-order valence-corrected chi connectivity index (χ0v) is 9.92. The van der Waals surface area contributed by atoms with Crippen LogP contribution in [0.4, 0.5) is 0 Å². The SMILES string of the molecule is Cc1cc(C)c(C(C)C)cc1C(=O)CN. The second-order valence-corrected chi connectivity index (χ2v) is 4.31. The van der Waals surface area contributed by atoms with Gasteiger partial charge in [-0.1, -0.05) is 19.9 Å². The van der Waals surface area contributed by atoms with Gasteiger partial charge in [0.2, 0.25) is 0 Å². The number of Topliss-reactive ketones (excluding diaryl/α,β-unsaturated/α-hetero) is 1. The fourth-order valence-corrected chi connectivity index (χ4v) is 1.90. The fourth-order valence-electron chi connectivity index (χ4n) is 1.90. The Balaban J connectivity index is 3.29. The highest BCUT2D eigenvalue weighted by Gasteiger charge is 2.12. The molecular weight excluding hydrogens is 186 g/mol. The van der Waals surface area contributed by atoms with Gasteiger partial charge in [0.15, 0.2) is 5.78 Å². The summed E-state index contributed by atoms with van der Waals surface area (Å²) in [6.45, 7) is 8.39. The molecule has 0 aliphatic rings. The molecule has 0 amide bonds. The molecule has 1 rings (SSSR count). The Labute approximate surface area is 91.5 Å². The van der Waals surface area contributed by atoms with Crippen LogP contribution in [0.5, 0.6) is 0 Å². The van der Waals surface area contributed by atoms with Crippen LogP contribution in [0, 0.1) is 13.8 Å². The van der Waals surface area contributed by atoms with E-state index in [0.29, 0.717) is 5.92 Å². The number of aryl methyl sites for hydroxylation is 2. The normalized spacial score (nSPS) is 10.8. The first-order valence-corrected chi connectivity index (χ1v) is 5.31. The molecule has 2 nitrogen and oxygen atoms in total. The van der Waals surface area contributed by atoms with Crippen LogP contribution in [0.3, 0.4) is 0 Å². The van der Waals surface area contributed by atoms with E-state index in [1.165, 1.54) is 11.1 Å². The van der Waals surface area contributed by atoms with E-state index in [9.17, 15) is 4.79 Å². The minimum atomic E-state index is 0.0226. The van der Waals surface area contributed by atoms with E-state index in [-0.39, 0.29) is 12.3 Å². The monoisotopic (exact) mass is 205 g/mol. The van der Waals surface area contributed by atoms with Crippen LogP contribution in [0.2, 0.25) is 0 Å². The maximum Gasteiger partial charge on any atom is 0.176 e. The van der Waals surface area contributed by atoms with Gasteiger partial charge in [-0.3, -0.25) is 4.79 Å². The minimum absolute atomic E-state index is 0.0226. The van der Waals surface area contributed by atoms with Gasteiger partial charge < -0.3 is 5.73 Å². The van der Waals surface area contributed by atoms with Gasteiger partial charge >= 0.3 is 0 Å². The highest BCUT2D eigenvalue weighted by Crippen LogP contribution is 2.23. The summed E-state index contributed by atoms with van der Waals surface area (Å²) in [5.41, 5.74) is 9.66. The summed E-state index contributed by atoms with van der Waals surface area (Å²) in [7, 11) is 0. The molecule has 82 valence electrons. The standard InChI is InChI=1S/C13H19NO/c1-8(2)11-6-12(13(15)7-14)10(4)5-9(11)3/h5-6,8H,7,14H2,1-4H3. The van der Waals surface area contributed by atoms with Gasteiger partial charge in [0.05, 0.1) is 6.54 Å². The lowest BCUT2D eigenvalue weighted by molar-refractivity contribution is 0.100. The lowest BCUT2D eigenvalue weighted by atomic mass is 9.91. The second kappa shape index (κ2) is 4.58. The molecule has 2 N–H and O–H groups in total. The summed E-state index contributed by atoms with van der Waals surface area (Å²) in [5.74, 6) is 0.462. The molecule has 0 saturated carbocycles. The maximum atomic E-state index is 11.6. The summed E-state index contributed by atoms with van der Waals surface area (Å²) in [6.07, 6.45) is 0. The van der Waals surface area contributed by atoms with Crippen LogP contribution in [0.1, 0.15) is 46.8 Å². The smallest absolute Gasteiger partial charge is 0.176 e. The number of carbonyl (C=O) groups is 1. The molecule has 0 bridgehead atoms. The van der Waals surface area contributed by atoms with Crippen LogP contribution in [-0.4, -0.2) is 12.3 Å². The minimum Gasteiger partial charge on any atom is -0.324 e. The molecule has 0 fully saturated rings. The number of rotatable bonds is 3. The topological polar surface area (TPSA) is 43.1 Å². The number of carbonyl (C=O) groups excluding carboxylic acids is 1. The van der Waals surface area contributed by atoms with Crippen molar-refractivity contribution < 1.29 is 4.79 Å². The lowest BCUT2D eigenvalue weighted by Gasteiger charge is -2.13. The Morgan fingerprint density at radius 3 is 2.33 bits per heavy atom. The largest absolute Gasteiger partial charge is 0.324 e. The van der Waals surface area contributed by atoms with Gasteiger partial charge in [0.25, 0.3) is 0 Å². The molecule has 0 heterocycles. The van der Waals surface area contributed by atoms with Gasteiger partial charge in [0.1, 0.15) is 0 Å². The number of benzene rings is 1. The van der Waals surface area contributed by atoms with E-state index in [4.69, 9.17) is 5.73 Å². The quantitative estimate of drug-likeness (QED) is 0.771. The fraction of sp³-hybridized carbons (Fsp3) is 0.462. The molecule has 0 aliphatic carbocycles. The molecule has 0 aromatic heterocycles. The molecule has 2 heteroatoms. The summed E-state index contributed by atoms with van der Waals surface area (Å²) in [4.78, 5) is 11.6. The first-order valence-electron chi connectivity index (χ1n) is 5.31. The summed E-state index contributed by atoms with van der Waals surface area (Å²) in [6, 6.07) is 4.06. The third-order valence-corrected chi connectivity index (χ3v) is 2.72. The van der Waals surface area contributed by atoms with Crippen molar-refractivity contribution in [3.8, 4) is 0 Å². The van der Waals surface area contributed by atoms with Crippen molar-refractivity contribution in [2.45, 2.75) is 33.6 Å². The average Bonchev–Trinajstić information content (AvgIpc) is 2.16. The average molecular weight is 205 g/mol. The Morgan fingerprint density at radius 1 is 1.27 bits per heavy atom. The highest BCUT2D eigenvalue weighted by atomic mass is 16.1. The zero-order chi connectivity index (χ0) is 11.6. The Bertz CT molecular complexity index is 380. The van der Waals surface area contributed by atoms with E-state index in [2.05, 4.69) is 26.8 Å².